The second-order valence-corrected chi connectivity index (χ2v) is 6.32. The Bertz CT molecular complexity index is 533. The summed E-state index contributed by atoms with van der Waals surface area (Å²) in [7, 11) is 2.05. The number of thiazole rings is 1. The van der Waals surface area contributed by atoms with Gasteiger partial charge in [0.25, 0.3) is 0 Å². The Balaban J connectivity index is 2.21. The molecule has 1 aromatic heterocycles. The van der Waals surface area contributed by atoms with Gasteiger partial charge in [-0.15, -0.1) is 11.3 Å². The van der Waals surface area contributed by atoms with E-state index in [-0.39, 0.29) is 6.04 Å². The number of aromatic nitrogens is 1. The summed E-state index contributed by atoms with van der Waals surface area (Å²) in [6.45, 7) is 1.30. The van der Waals surface area contributed by atoms with Crippen molar-refractivity contribution in [1.29, 1.82) is 0 Å². The molecule has 0 amide bonds. The predicted molar refractivity (Wildman–Crippen MR) is 84.5 cm³/mol. The van der Waals surface area contributed by atoms with Crippen LogP contribution in [0.15, 0.2) is 33.6 Å². The molecule has 102 valence electrons. The topological polar surface area (TPSA) is 42.2 Å². The first-order chi connectivity index (χ1) is 9.11. The average molecular weight is 361 g/mol. The van der Waals surface area contributed by atoms with Gasteiger partial charge in [-0.05, 0) is 30.8 Å². The second kappa shape index (κ2) is 6.81. The summed E-state index contributed by atoms with van der Waals surface area (Å²) >= 11 is 11.2. The number of nitrogens with zero attached hydrogens (tertiary/aromatic N) is 2. The quantitative estimate of drug-likeness (QED) is 0.884. The van der Waals surface area contributed by atoms with Crippen molar-refractivity contribution in [2.75, 3.05) is 13.6 Å². The molecule has 3 nitrogen and oxygen atoms in total. The Hall–Kier alpha value is -0.460. The third-order valence-electron chi connectivity index (χ3n) is 2.97. The van der Waals surface area contributed by atoms with Crippen molar-refractivity contribution in [2.24, 2.45) is 5.73 Å². The van der Waals surface area contributed by atoms with Crippen molar-refractivity contribution in [3.05, 3.63) is 49.8 Å². The summed E-state index contributed by atoms with van der Waals surface area (Å²) in [5.41, 5.74) is 9.94. The van der Waals surface area contributed by atoms with E-state index in [1.807, 2.05) is 30.8 Å². The first-order valence-corrected chi connectivity index (χ1v) is 7.95. The Morgan fingerprint density at radius 3 is 2.95 bits per heavy atom. The van der Waals surface area contributed by atoms with Gasteiger partial charge >= 0.3 is 0 Å². The maximum absolute atomic E-state index is 6.07. The average Bonchev–Trinajstić information content (AvgIpc) is 2.87. The minimum atomic E-state index is 0.106. The van der Waals surface area contributed by atoms with Gasteiger partial charge in [0, 0.05) is 34.0 Å². The molecule has 0 radical (unpaired) electrons. The minimum absolute atomic E-state index is 0.106. The van der Waals surface area contributed by atoms with Crippen LogP contribution in [0.4, 0.5) is 0 Å². The Morgan fingerprint density at radius 1 is 1.53 bits per heavy atom. The molecule has 2 aromatic rings. The van der Waals surface area contributed by atoms with Crippen molar-refractivity contribution < 1.29 is 0 Å². The zero-order valence-corrected chi connectivity index (χ0v) is 13.7. The van der Waals surface area contributed by atoms with E-state index in [1.165, 1.54) is 0 Å². The van der Waals surface area contributed by atoms with Gasteiger partial charge in [0.2, 0.25) is 0 Å². The van der Waals surface area contributed by atoms with Gasteiger partial charge < -0.3 is 5.73 Å². The van der Waals surface area contributed by atoms with E-state index in [2.05, 4.69) is 31.2 Å². The third kappa shape index (κ3) is 3.77. The first kappa shape index (κ1) is 14.9. The standard InChI is InChI=1S/C13H15BrClN3S/c1-18(6-10-7-19-8-17-10)13(5-16)11-4-9(15)2-3-12(11)14/h2-4,7-8,13H,5-6,16H2,1H3. The lowest BCUT2D eigenvalue weighted by atomic mass is 10.1. The van der Waals surface area contributed by atoms with Crippen molar-refractivity contribution in [3.63, 3.8) is 0 Å². The molecule has 0 aliphatic rings. The van der Waals surface area contributed by atoms with Crippen LogP contribution < -0.4 is 5.73 Å². The van der Waals surface area contributed by atoms with Gasteiger partial charge in [0.1, 0.15) is 0 Å². The fourth-order valence-corrected chi connectivity index (χ4v) is 3.24. The van der Waals surface area contributed by atoms with Crippen LogP contribution in [-0.4, -0.2) is 23.5 Å². The van der Waals surface area contributed by atoms with Gasteiger partial charge in [0.15, 0.2) is 0 Å². The van der Waals surface area contributed by atoms with Gasteiger partial charge in [-0.1, -0.05) is 27.5 Å². The lowest BCUT2D eigenvalue weighted by Crippen LogP contribution is -2.30. The van der Waals surface area contributed by atoms with Crippen LogP contribution in [0.3, 0.4) is 0 Å². The van der Waals surface area contributed by atoms with E-state index < -0.39 is 0 Å². The van der Waals surface area contributed by atoms with E-state index in [9.17, 15) is 0 Å². The predicted octanol–water partition coefficient (Wildman–Crippen LogP) is 3.69. The van der Waals surface area contributed by atoms with Crippen LogP contribution in [0, 0.1) is 0 Å². The van der Waals surface area contributed by atoms with Crippen molar-refractivity contribution in [1.82, 2.24) is 9.88 Å². The smallest absolute Gasteiger partial charge is 0.0795 e. The summed E-state index contributed by atoms with van der Waals surface area (Å²) < 4.78 is 1.03. The first-order valence-electron chi connectivity index (χ1n) is 5.84. The molecule has 19 heavy (non-hydrogen) atoms. The zero-order chi connectivity index (χ0) is 13.8. The number of benzene rings is 1. The van der Waals surface area contributed by atoms with Crippen LogP contribution in [0.1, 0.15) is 17.3 Å². The van der Waals surface area contributed by atoms with E-state index in [0.717, 1.165) is 27.3 Å². The maximum atomic E-state index is 6.07. The Labute approximate surface area is 130 Å². The summed E-state index contributed by atoms with van der Waals surface area (Å²) in [5.74, 6) is 0. The van der Waals surface area contributed by atoms with E-state index in [4.69, 9.17) is 17.3 Å². The fourth-order valence-electron chi connectivity index (χ4n) is 2.00. The molecule has 0 aliphatic carbocycles. The summed E-state index contributed by atoms with van der Waals surface area (Å²) in [5, 5.41) is 2.77. The second-order valence-electron chi connectivity index (χ2n) is 4.31. The van der Waals surface area contributed by atoms with Crippen LogP contribution in [0.5, 0.6) is 0 Å². The van der Waals surface area contributed by atoms with Crippen LogP contribution >= 0.6 is 38.9 Å². The lowest BCUT2D eigenvalue weighted by Gasteiger charge is -2.27. The van der Waals surface area contributed by atoms with Crippen LogP contribution in [0.2, 0.25) is 5.02 Å². The lowest BCUT2D eigenvalue weighted by molar-refractivity contribution is 0.239. The van der Waals surface area contributed by atoms with Gasteiger partial charge in [0.05, 0.1) is 11.2 Å². The highest BCUT2D eigenvalue weighted by atomic mass is 79.9. The largest absolute Gasteiger partial charge is 0.329 e. The maximum Gasteiger partial charge on any atom is 0.0795 e. The molecule has 0 saturated heterocycles. The molecule has 1 heterocycles. The number of halogens is 2. The Morgan fingerprint density at radius 2 is 2.32 bits per heavy atom. The minimum Gasteiger partial charge on any atom is -0.329 e. The molecule has 2 N–H and O–H groups in total. The highest BCUT2D eigenvalue weighted by Crippen LogP contribution is 2.30. The van der Waals surface area contributed by atoms with Crippen LogP contribution in [-0.2, 0) is 6.54 Å². The summed E-state index contributed by atoms with van der Waals surface area (Å²) in [4.78, 5) is 6.49. The molecule has 0 spiro atoms. The van der Waals surface area contributed by atoms with E-state index in [0.29, 0.717) is 6.54 Å². The molecule has 6 heteroatoms. The molecular formula is C13H15BrClN3S. The molecule has 0 aliphatic heterocycles. The Kier molecular flexibility index (Phi) is 5.36. The third-order valence-corrected chi connectivity index (χ3v) is 4.56. The van der Waals surface area contributed by atoms with Crippen molar-refractivity contribution in [3.8, 4) is 0 Å². The molecular weight excluding hydrogens is 346 g/mol. The number of hydrogen-bond acceptors (Lipinski definition) is 4. The normalized spacial score (nSPS) is 12.9. The number of hydrogen-bond donors (Lipinski definition) is 1. The molecule has 1 unspecified atom stereocenters. The van der Waals surface area contributed by atoms with Crippen LogP contribution in [0.25, 0.3) is 0 Å². The van der Waals surface area contributed by atoms with E-state index >= 15 is 0 Å². The van der Waals surface area contributed by atoms with Crippen molar-refractivity contribution in [2.45, 2.75) is 12.6 Å². The molecule has 2 rings (SSSR count). The number of rotatable bonds is 5. The molecule has 0 fully saturated rings. The van der Waals surface area contributed by atoms with Gasteiger partial charge in [-0.3, -0.25) is 4.90 Å². The molecule has 1 aromatic carbocycles. The summed E-state index contributed by atoms with van der Waals surface area (Å²) in [6, 6.07) is 5.88. The highest BCUT2D eigenvalue weighted by Gasteiger charge is 2.19. The summed E-state index contributed by atoms with van der Waals surface area (Å²) in [6.07, 6.45) is 0. The molecule has 0 saturated carbocycles. The zero-order valence-electron chi connectivity index (χ0n) is 10.5. The van der Waals surface area contributed by atoms with Crippen molar-refractivity contribution >= 4 is 38.9 Å². The highest BCUT2D eigenvalue weighted by molar-refractivity contribution is 9.10. The fraction of sp³-hybridized carbons (Fsp3) is 0.308. The van der Waals surface area contributed by atoms with Gasteiger partial charge in [-0.25, -0.2) is 4.98 Å². The number of nitrogens with two attached hydrogens (primary N) is 1. The monoisotopic (exact) mass is 359 g/mol. The van der Waals surface area contributed by atoms with E-state index in [1.54, 1.807) is 11.3 Å². The molecule has 1 atom stereocenters. The SMILES string of the molecule is CN(Cc1cscn1)C(CN)c1cc(Cl)ccc1Br. The van der Waals surface area contributed by atoms with Gasteiger partial charge in [-0.2, -0.15) is 0 Å². The molecule has 0 bridgehead atoms. The number of likely N-dealkylation sites (N-methyl/N-ethyl adjacent to an activating group) is 1.